The summed E-state index contributed by atoms with van der Waals surface area (Å²) in [6.07, 6.45) is 4.36. The number of rotatable bonds is 9. The second-order valence-corrected chi connectivity index (χ2v) is 8.43. The molecule has 8 heteroatoms. The second kappa shape index (κ2) is 11.5. The molecule has 1 aromatic heterocycles. The Balaban J connectivity index is 1.52. The number of aromatic nitrogens is 1. The normalized spacial score (nSPS) is 15.3. The molecule has 0 aliphatic carbocycles. The number of methoxy groups -OCH3 is 1. The molecule has 0 saturated carbocycles. The van der Waals surface area contributed by atoms with Crippen molar-refractivity contribution < 1.29 is 19.1 Å². The van der Waals surface area contributed by atoms with Gasteiger partial charge in [-0.15, -0.1) is 0 Å². The first-order valence-corrected chi connectivity index (χ1v) is 12.0. The van der Waals surface area contributed by atoms with Crippen molar-refractivity contribution in [3.8, 4) is 11.5 Å². The van der Waals surface area contributed by atoms with E-state index in [1.54, 1.807) is 31.6 Å². The van der Waals surface area contributed by atoms with Crippen LogP contribution >= 0.6 is 0 Å². The molecule has 2 aromatic carbocycles. The zero-order valence-corrected chi connectivity index (χ0v) is 20.7. The summed E-state index contributed by atoms with van der Waals surface area (Å²) in [5.74, 6) is 1.13. The summed E-state index contributed by atoms with van der Waals surface area (Å²) in [6, 6.07) is 16.5. The highest BCUT2D eigenvalue weighted by molar-refractivity contribution is 6.06. The van der Waals surface area contributed by atoms with Crippen molar-refractivity contribution in [2.24, 2.45) is 11.0 Å². The fourth-order valence-corrected chi connectivity index (χ4v) is 4.11. The average Bonchev–Trinajstić information content (AvgIpc) is 2.91. The first-order chi connectivity index (χ1) is 17.5. The average molecular weight is 487 g/mol. The molecule has 1 aliphatic rings. The summed E-state index contributed by atoms with van der Waals surface area (Å²) in [5, 5.41) is 9.17. The van der Waals surface area contributed by atoms with Gasteiger partial charge in [0.1, 0.15) is 0 Å². The molecule has 186 valence electrons. The summed E-state index contributed by atoms with van der Waals surface area (Å²) < 4.78 is 11.2. The Morgan fingerprint density at radius 3 is 2.47 bits per heavy atom. The minimum atomic E-state index is -0.206. The first-order valence-electron chi connectivity index (χ1n) is 12.0. The third kappa shape index (κ3) is 5.71. The van der Waals surface area contributed by atoms with Gasteiger partial charge in [-0.3, -0.25) is 14.6 Å². The lowest BCUT2D eigenvalue weighted by molar-refractivity contribution is -0.133. The highest BCUT2D eigenvalue weighted by Gasteiger charge is 2.29. The van der Waals surface area contributed by atoms with Crippen LogP contribution in [0.4, 0.5) is 5.69 Å². The molecule has 1 unspecified atom stereocenters. The molecule has 4 rings (SSSR count). The van der Waals surface area contributed by atoms with Gasteiger partial charge in [0.05, 0.1) is 26.0 Å². The Kier molecular flexibility index (Phi) is 7.95. The summed E-state index contributed by atoms with van der Waals surface area (Å²) >= 11 is 0. The number of pyridine rings is 1. The van der Waals surface area contributed by atoms with E-state index in [1.165, 1.54) is 5.01 Å². The minimum absolute atomic E-state index is 0.0146. The van der Waals surface area contributed by atoms with Gasteiger partial charge in [0.2, 0.25) is 5.91 Å². The Morgan fingerprint density at radius 1 is 1.06 bits per heavy atom. The first kappa shape index (κ1) is 24.9. The van der Waals surface area contributed by atoms with Gasteiger partial charge in [-0.25, -0.2) is 5.01 Å². The van der Waals surface area contributed by atoms with Crippen LogP contribution in [0.5, 0.6) is 11.5 Å². The number of anilines is 1. The molecule has 0 fully saturated rings. The van der Waals surface area contributed by atoms with Crippen LogP contribution in [0.3, 0.4) is 0 Å². The summed E-state index contributed by atoms with van der Waals surface area (Å²) in [5.41, 5.74) is 3.89. The third-order valence-electron chi connectivity index (χ3n) is 6.06. The van der Waals surface area contributed by atoms with Crippen molar-refractivity contribution in [2.45, 2.75) is 33.2 Å². The summed E-state index contributed by atoms with van der Waals surface area (Å²) in [6.45, 7) is 4.85. The third-order valence-corrected chi connectivity index (χ3v) is 6.06. The molecule has 1 N–H and O–H groups in total. The minimum Gasteiger partial charge on any atom is -0.493 e. The zero-order chi connectivity index (χ0) is 25.5. The molecule has 0 radical (unpaired) electrons. The molecule has 0 saturated heterocycles. The molecule has 1 atom stereocenters. The maximum atomic E-state index is 12.9. The smallest absolute Gasteiger partial charge is 0.255 e. The number of hydrazone groups is 1. The molecular formula is C28H30N4O4. The van der Waals surface area contributed by atoms with Crippen LogP contribution < -0.4 is 14.8 Å². The quantitative estimate of drug-likeness (QED) is 0.464. The predicted molar refractivity (Wildman–Crippen MR) is 138 cm³/mol. The van der Waals surface area contributed by atoms with E-state index in [9.17, 15) is 9.59 Å². The molecule has 1 aliphatic heterocycles. The van der Waals surface area contributed by atoms with Crippen molar-refractivity contribution in [2.75, 3.05) is 19.0 Å². The van der Waals surface area contributed by atoms with Crippen molar-refractivity contribution in [1.82, 2.24) is 9.99 Å². The predicted octanol–water partition coefficient (Wildman–Crippen LogP) is 4.90. The van der Waals surface area contributed by atoms with E-state index < -0.39 is 0 Å². The van der Waals surface area contributed by atoms with E-state index in [0.29, 0.717) is 42.3 Å². The maximum absolute atomic E-state index is 12.9. The number of carbonyl (C=O) groups excluding carboxylic acids is 2. The summed E-state index contributed by atoms with van der Waals surface area (Å²) in [7, 11) is 1.61. The van der Waals surface area contributed by atoms with Crippen LogP contribution in [-0.2, 0) is 11.3 Å². The van der Waals surface area contributed by atoms with E-state index in [0.717, 1.165) is 23.3 Å². The molecule has 8 nitrogen and oxygen atoms in total. The molecule has 0 bridgehead atoms. The Morgan fingerprint density at radius 2 is 1.81 bits per heavy atom. The van der Waals surface area contributed by atoms with Gasteiger partial charge >= 0.3 is 0 Å². The largest absolute Gasteiger partial charge is 0.493 e. The molecular weight excluding hydrogens is 456 g/mol. The van der Waals surface area contributed by atoms with Crippen LogP contribution in [0, 0.1) is 5.92 Å². The second-order valence-electron chi connectivity index (χ2n) is 8.43. The van der Waals surface area contributed by atoms with E-state index >= 15 is 0 Å². The van der Waals surface area contributed by atoms with Crippen LogP contribution in [0.2, 0.25) is 0 Å². The molecule has 2 heterocycles. The van der Waals surface area contributed by atoms with Crippen molar-refractivity contribution in [3.63, 3.8) is 0 Å². The number of carbonyl (C=O) groups is 2. The lowest BCUT2D eigenvalue weighted by Crippen LogP contribution is -2.36. The van der Waals surface area contributed by atoms with Gasteiger partial charge in [-0.05, 0) is 61.4 Å². The van der Waals surface area contributed by atoms with Gasteiger partial charge in [0, 0.05) is 41.5 Å². The number of ether oxygens (including phenoxy) is 2. The topological polar surface area (TPSA) is 93.1 Å². The van der Waals surface area contributed by atoms with Gasteiger partial charge < -0.3 is 14.8 Å². The van der Waals surface area contributed by atoms with Crippen molar-refractivity contribution in [1.29, 1.82) is 0 Å². The monoisotopic (exact) mass is 486 g/mol. The highest BCUT2D eigenvalue weighted by Crippen LogP contribution is 2.32. The number of nitrogens with zero attached hydrogens (tertiary/aromatic N) is 3. The lowest BCUT2D eigenvalue weighted by Gasteiger charge is -2.29. The van der Waals surface area contributed by atoms with Gasteiger partial charge in [-0.1, -0.05) is 19.1 Å². The van der Waals surface area contributed by atoms with Crippen molar-refractivity contribution in [3.05, 3.63) is 83.7 Å². The molecule has 36 heavy (non-hydrogen) atoms. The fraction of sp³-hybridized carbons (Fsp3) is 0.286. The van der Waals surface area contributed by atoms with E-state index in [2.05, 4.69) is 17.2 Å². The number of benzene rings is 2. The van der Waals surface area contributed by atoms with E-state index in [-0.39, 0.29) is 17.7 Å². The molecule has 0 spiro atoms. The number of hydrogen-bond acceptors (Lipinski definition) is 6. The maximum Gasteiger partial charge on any atom is 0.255 e. The van der Waals surface area contributed by atoms with E-state index in [4.69, 9.17) is 14.6 Å². The van der Waals surface area contributed by atoms with Crippen LogP contribution in [-0.4, -0.2) is 41.2 Å². The highest BCUT2D eigenvalue weighted by atomic mass is 16.5. The number of amides is 2. The van der Waals surface area contributed by atoms with Crippen molar-refractivity contribution >= 4 is 23.2 Å². The Hall–Kier alpha value is -4.20. The van der Waals surface area contributed by atoms with Crippen LogP contribution in [0.1, 0.15) is 48.2 Å². The van der Waals surface area contributed by atoms with Crippen LogP contribution in [0.15, 0.2) is 72.1 Å². The Labute approximate surface area is 210 Å². The fourth-order valence-electron chi connectivity index (χ4n) is 4.11. The summed E-state index contributed by atoms with van der Waals surface area (Å²) in [4.78, 5) is 29.2. The molecule has 3 aromatic rings. The van der Waals surface area contributed by atoms with Crippen LogP contribution in [0.25, 0.3) is 0 Å². The standard InChI is InChI=1S/C28H30N4O4/c1-4-20-17-26(33)32(31-27(20)22-8-11-24(35-3)25(16-22)36-5-2)18-19-6-9-23(10-7-19)30-28(34)21-12-14-29-15-13-21/h6-16,20H,4-5,17-18H2,1-3H3,(H,30,34). The van der Waals surface area contributed by atoms with Gasteiger partial charge in [-0.2, -0.15) is 5.10 Å². The van der Waals surface area contributed by atoms with Gasteiger partial charge in [0.15, 0.2) is 11.5 Å². The molecule has 2 amide bonds. The Bertz CT molecular complexity index is 1240. The number of hydrogen-bond donors (Lipinski definition) is 1. The SMILES string of the molecule is CCOc1cc(C2=NN(Cc3ccc(NC(=O)c4ccncc4)cc3)C(=O)CC2CC)ccc1OC. The lowest BCUT2D eigenvalue weighted by atomic mass is 9.89. The zero-order valence-electron chi connectivity index (χ0n) is 20.7. The van der Waals surface area contributed by atoms with Gasteiger partial charge in [0.25, 0.3) is 5.91 Å². The van der Waals surface area contributed by atoms with E-state index in [1.807, 2.05) is 49.4 Å². The number of nitrogens with one attached hydrogen (secondary N) is 1.